The van der Waals surface area contributed by atoms with E-state index in [0.29, 0.717) is 17.6 Å². The Morgan fingerprint density at radius 2 is 1.50 bits per heavy atom. The normalized spacial score (nSPS) is 13.6. The third-order valence-electron chi connectivity index (χ3n) is 5.94. The van der Waals surface area contributed by atoms with Gasteiger partial charge in [0.15, 0.2) is 11.6 Å². The zero-order valence-electron chi connectivity index (χ0n) is 17.9. The molecule has 4 heteroatoms. The van der Waals surface area contributed by atoms with Crippen molar-refractivity contribution >= 4 is 27.4 Å². The van der Waals surface area contributed by atoms with Crippen LogP contribution in [0.15, 0.2) is 91.0 Å². The molecule has 1 aliphatic carbocycles. The average Bonchev–Trinajstić information content (AvgIpc) is 3.18. The van der Waals surface area contributed by atoms with E-state index in [-0.39, 0.29) is 0 Å². The van der Waals surface area contributed by atoms with Gasteiger partial charge >= 0.3 is 0 Å². The average molecular weight is 415 g/mol. The van der Waals surface area contributed by atoms with E-state index >= 15 is 0 Å². The molecule has 6 rings (SSSR count). The molecule has 2 heterocycles. The number of aryl methyl sites for hydroxylation is 1. The van der Waals surface area contributed by atoms with E-state index in [0.717, 1.165) is 35.0 Å². The smallest absolute Gasteiger partial charge is 0.238 e. The molecule has 32 heavy (non-hydrogen) atoms. The summed E-state index contributed by atoms with van der Waals surface area (Å²) in [6.45, 7) is 2.13. The van der Waals surface area contributed by atoms with Crippen LogP contribution in [-0.4, -0.2) is 19.5 Å². The van der Waals surface area contributed by atoms with Crippen LogP contribution in [0.25, 0.3) is 44.7 Å². The van der Waals surface area contributed by atoms with Crippen LogP contribution in [0.1, 0.15) is 24.2 Å². The maximum atomic E-state index is 4.97. The van der Waals surface area contributed by atoms with E-state index in [1.165, 1.54) is 16.3 Å². The van der Waals surface area contributed by atoms with Gasteiger partial charge in [-0.15, -0.1) is 0 Å². The molecule has 0 N–H and O–H groups in total. The van der Waals surface area contributed by atoms with Crippen molar-refractivity contribution in [2.75, 3.05) is 0 Å². The maximum Gasteiger partial charge on any atom is 0.238 e. The van der Waals surface area contributed by atoms with Gasteiger partial charge in [-0.25, -0.2) is 4.98 Å². The van der Waals surface area contributed by atoms with Crippen molar-refractivity contribution < 1.29 is 0 Å². The summed E-state index contributed by atoms with van der Waals surface area (Å²) in [4.78, 5) is 14.8. The summed E-state index contributed by atoms with van der Waals surface area (Å²) in [5, 5.41) is 2.41. The Hall–Kier alpha value is -4.05. The van der Waals surface area contributed by atoms with Crippen molar-refractivity contribution in [1.29, 1.82) is 0 Å². The lowest BCUT2D eigenvalue weighted by molar-refractivity contribution is 0.927. The van der Waals surface area contributed by atoms with E-state index in [4.69, 9.17) is 15.0 Å². The third-order valence-corrected chi connectivity index (χ3v) is 5.94. The van der Waals surface area contributed by atoms with Gasteiger partial charge in [-0.3, -0.25) is 4.57 Å². The summed E-state index contributed by atoms with van der Waals surface area (Å²) < 4.78 is 2.16. The fourth-order valence-corrected chi connectivity index (χ4v) is 4.39. The SMILES string of the molecule is Cc1ccc2c(c1)c1ccccc1n2-c1nc(C2=CCCC=C2)nc(-c2ccccc2)n1. The summed E-state index contributed by atoms with van der Waals surface area (Å²) in [5.41, 5.74) is 5.46. The predicted molar refractivity (Wildman–Crippen MR) is 131 cm³/mol. The Balaban J connectivity index is 1.67. The van der Waals surface area contributed by atoms with Crippen molar-refractivity contribution in [3.63, 3.8) is 0 Å². The minimum atomic E-state index is 0.642. The highest BCUT2D eigenvalue weighted by Gasteiger charge is 2.18. The van der Waals surface area contributed by atoms with Crippen molar-refractivity contribution in [2.45, 2.75) is 19.8 Å². The lowest BCUT2D eigenvalue weighted by Crippen LogP contribution is -2.08. The summed E-state index contributed by atoms with van der Waals surface area (Å²) in [6, 6.07) is 25.1. The number of aromatic nitrogens is 4. The molecule has 0 atom stereocenters. The second-order valence-corrected chi connectivity index (χ2v) is 8.16. The molecule has 0 fully saturated rings. The van der Waals surface area contributed by atoms with E-state index in [2.05, 4.69) is 72.2 Å². The van der Waals surface area contributed by atoms with Gasteiger partial charge in [-0.2, -0.15) is 9.97 Å². The fraction of sp³-hybridized carbons (Fsp3) is 0.107. The zero-order chi connectivity index (χ0) is 21.5. The van der Waals surface area contributed by atoms with Crippen LogP contribution in [0.4, 0.5) is 0 Å². The number of rotatable bonds is 3. The summed E-state index contributed by atoms with van der Waals surface area (Å²) in [7, 11) is 0. The van der Waals surface area contributed by atoms with Gasteiger partial charge in [0.2, 0.25) is 5.95 Å². The standard InChI is InChI=1S/C28H22N4/c1-19-16-17-25-23(18-19)22-14-8-9-15-24(22)32(25)28-30-26(20-10-4-2-5-11-20)29-27(31-28)21-12-6-3-7-13-21/h2,4-6,8-18H,3,7H2,1H3. The highest BCUT2D eigenvalue weighted by Crippen LogP contribution is 2.32. The largest absolute Gasteiger partial charge is 0.278 e. The molecular weight excluding hydrogens is 392 g/mol. The topological polar surface area (TPSA) is 43.6 Å². The number of benzene rings is 3. The second-order valence-electron chi connectivity index (χ2n) is 8.16. The minimum absolute atomic E-state index is 0.642. The molecule has 5 aromatic rings. The number of fused-ring (bicyclic) bond motifs is 3. The Labute approximate surface area is 186 Å². The van der Waals surface area contributed by atoms with Crippen LogP contribution >= 0.6 is 0 Å². The first-order valence-electron chi connectivity index (χ1n) is 11.0. The van der Waals surface area contributed by atoms with Crippen LogP contribution in [-0.2, 0) is 0 Å². The third kappa shape index (κ3) is 3.12. The van der Waals surface area contributed by atoms with Gasteiger partial charge in [0.05, 0.1) is 11.0 Å². The molecule has 0 unspecified atom stereocenters. The molecule has 0 radical (unpaired) electrons. The number of allylic oxidation sites excluding steroid dienone is 4. The van der Waals surface area contributed by atoms with Crippen LogP contribution in [0, 0.1) is 6.92 Å². The van der Waals surface area contributed by atoms with E-state index in [1.807, 2.05) is 30.3 Å². The molecule has 1 aliphatic rings. The summed E-state index contributed by atoms with van der Waals surface area (Å²) >= 11 is 0. The first-order valence-corrected chi connectivity index (χ1v) is 11.0. The van der Waals surface area contributed by atoms with E-state index in [9.17, 15) is 0 Å². The fourth-order valence-electron chi connectivity index (χ4n) is 4.39. The molecule has 4 nitrogen and oxygen atoms in total. The number of hydrogen-bond acceptors (Lipinski definition) is 3. The van der Waals surface area contributed by atoms with Crippen molar-refractivity contribution in [3.8, 4) is 17.3 Å². The lowest BCUT2D eigenvalue weighted by atomic mass is 10.1. The van der Waals surface area contributed by atoms with Crippen molar-refractivity contribution in [2.24, 2.45) is 0 Å². The molecule has 0 saturated carbocycles. The Morgan fingerprint density at radius 1 is 0.719 bits per heavy atom. The molecule has 0 spiro atoms. The highest BCUT2D eigenvalue weighted by molar-refractivity contribution is 6.09. The van der Waals surface area contributed by atoms with Gasteiger partial charge in [-0.05, 0) is 38.0 Å². The van der Waals surface area contributed by atoms with Gasteiger partial charge < -0.3 is 0 Å². The Kier molecular flexibility index (Phi) is 4.43. The molecule has 0 bridgehead atoms. The van der Waals surface area contributed by atoms with Crippen LogP contribution in [0.5, 0.6) is 0 Å². The summed E-state index contributed by atoms with van der Waals surface area (Å²) in [5.74, 6) is 2.04. The zero-order valence-corrected chi connectivity index (χ0v) is 17.9. The summed E-state index contributed by atoms with van der Waals surface area (Å²) in [6.07, 6.45) is 8.57. The van der Waals surface area contributed by atoms with E-state index in [1.54, 1.807) is 0 Å². The molecule has 0 aliphatic heterocycles. The first-order chi connectivity index (χ1) is 15.8. The number of nitrogens with zero attached hydrogens (tertiary/aromatic N) is 4. The lowest BCUT2D eigenvalue weighted by Gasteiger charge is -2.12. The van der Waals surface area contributed by atoms with Gasteiger partial charge in [0.25, 0.3) is 0 Å². The minimum Gasteiger partial charge on any atom is -0.278 e. The molecule has 154 valence electrons. The van der Waals surface area contributed by atoms with Crippen LogP contribution < -0.4 is 0 Å². The highest BCUT2D eigenvalue weighted by atomic mass is 15.2. The Bertz CT molecular complexity index is 1520. The van der Waals surface area contributed by atoms with Gasteiger partial charge in [0.1, 0.15) is 0 Å². The van der Waals surface area contributed by atoms with Crippen molar-refractivity contribution in [3.05, 3.63) is 102 Å². The van der Waals surface area contributed by atoms with Crippen LogP contribution in [0.3, 0.4) is 0 Å². The molecular formula is C28H22N4. The quantitative estimate of drug-likeness (QED) is 0.331. The predicted octanol–water partition coefficient (Wildman–Crippen LogP) is 6.68. The van der Waals surface area contributed by atoms with E-state index < -0.39 is 0 Å². The number of para-hydroxylation sites is 1. The first kappa shape index (κ1) is 18.7. The van der Waals surface area contributed by atoms with Gasteiger partial charge in [-0.1, -0.05) is 78.4 Å². The van der Waals surface area contributed by atoms with Crippen LogP contribution in [0.2, 0.25) is 0 Å². The van der Waals surface area contributed by atoms with Gasteiger partial charge in [0, 0.05) is 21.9 Å². The monoisotopic (exact) mass is 414 g/mol. The second kappa shape index (κ2) is 7.57. The molecule has 0 amide bonds. The molecule has 0 saturated heterocycles. The molecule has 2 aromatic heterocycles. The number of hydrogen-bond donors (Lipinski definition) is 0. The Morgan fingerprint density at radius 3 is 2.34 bits per heavy atom. The van der Waals surface area contributed by atoms with Crippen molar-refractivity contribution in [1.82, 2.24) is 19.5 Å². The molecule has 3 aromatic carbocycles. The maximum absolute atomic E-state index is 4.97.